The van der Waals surface area contributed by atoms with Gasteiger partial charge in [0.25, 0.3) is 0 Å². The molecule has 6 nitrogen and oxygen atoms in total. The molecule has 1 fully saturated rings. The molecule has 1 aromatic heterocycles. The first kappa shape index (κ1) is 13.5. The van der Waals surface area contributed by atoms with E-state index in [0.717, 1.165) is 6.42 Å². The molecule has 19 heavy (non-hydrogen) atoms. The van der Waals surface area contributed by atoms with Crippen molar-refractivity contribution in [2.24, 2.45) is 5.92 Å². The smallest absolute Gasteiger partial charge is 0.320 e. The van der Waals surface area contributed by atoms with Gasteiger partial charge >= 0.3 is 12.0 Å². The van der Waals surface area contributed by atoms with Crippen LogP contribution in [0, 0.1) is 5.92 Å². The predicted octanol–water partition coefficient (Wildman–Crippen LogP) is 1.63. The van der Waals surface area contributed by atoms with Crippen LogP contribution in [0.5, 0.6) is 0 Å². The SMILES string of the molecule is CN(Cc1ccco1)C(=O)N1CCC[C@@H](C(=O)O)C1. The number of nitrogens with zero attached hydrogens (tertiary/aromatic N) is 2. The van der Waals surface area contributed by atoms with Crippen LogP contribution in [0.25, 0.3) is 0 Å². The topological polar surface area (TPSA) is 74.0 Å². The number of aliphatic carboxylic acids is 1. The number of furan rings is 1. The molecule has 104 valence electrons. The third kappa shape index (κ3) is 3.27. The summed E-state index contributed by atoms with van der Waals surface area (Å²) in [5, 5.41) is 9.02. The zero-order chi connectivity index (χ0) is 13.8. The van der Waals surface area contributed by atoms with Gasteiger partial charge < -0.3 is 19.3 Å². The number of carboxylic acids is 1. The Morgan fingerprint density at radius 1 is 1.58 bits per heavy atom. The highest BCUT2D eigenvalue weighted by molar-refractivity contribution is 5.76. The third-order valence-electron chi connectivity index (χ3n) is 3.34. The van der Waals surface area contributed by atoms with Gasteiger partial charge in [0.2, 0.25) is 0 Å². The van der Waals surface area contributed by atoms with Gasteiger partial charge in [-0.1, -0.05) is 0 Å². The molecule has 0 spiro atoms. The summed E-state index contributed by atoms with van der Waals surface area (Å²) < 4.78 is 5.19. The summed E-state index contributed by atoms with van der Waals surface area (Å²) in [7, 11) is 1.69. The van der Waals surface area contributed by atoms with Crippen molar-refractivity contribution in [1.29, 1.82) is 0 Å². The van der Waals surface area contributed by atoms with Crippen LogP contribution in [-0.4, -0.2) is 47.0 Å². The Morgan fingerprint density at radius 3 is 3.00 bits per heavy atom. The van der Waals surface area contributed by atoms with Crippen LogP contribution in [0.3, 0.4) is 0 Å². The Kier molecular flexibility index (Phi) is 4.09. The number of rotatable bonds is 3. The molecule has 0 radical (unpaired) electrons. The first-order valence-corrected chi connectivity index (χ1v) is 6.33. The number of carbonyl (C=O) groups excluding carboxylic acids is 1. The van der Waals surface area contributed by atoms with Crippen LogP contribution in [-0.2, 0) is 11.3 Å². The van der Waals surface area contributed by atoms with Gasteiger partial charge in [-0.3, -0.25) is 4.79 Å². The fourth-order valence-corrected chi connectivity index (χ4v) is 2.30. The zero-order valence-corrected chi connectivity index (χ0v) is 10.9. The number of urea groups is 1. The molecule has 0 bridgehead atoms. The molecule has 1 saturated heterocycles. The number of likely N-dealkylation sites (tertiary alicyclic amines) is 1. The fraction of sp³-hybridized carbons (Fsp3) is 0.538. The lowest BCUT2D eigenvalue weighted by Gasteiger charge is -2.33. The largest absolute Gasteiger partial charge is 0.481 e. The van der Waals surface area contributed by atoms with E-state index in [1.54, 1.807) is 35.2 Å². The first-order valence-electron chi connectivity index (χ1n) is 6.33. The van der Waals surface area contributed by atoms with Crippen molar-refractivity contribution in [2.75, 3.05) is 20.1 Å². The van der Waals surface area contributed by atoms with Crippen LogP contribution in [0.4, 0.5) is 4.79 Å². The van der Waals surface area contributed by atoms with Crippen LogP contribution in [0.1, 0.15) is 18.6 Å². The molecule has 2 rings (SSSR count). The lowest BCUT2D eigenvalue weighted by Crippen LogP contribution is -2.47. The Labute approximate surface area is 111 Å². The molecule has 1 N–H and O–H groups in total. The summed E-state index contributed by atoms with van der Waals surface area (Å²) in [5.41, 5.74) is 0. The van der Waals surface area contributed by atoms with Gasteiger partial charge in [-0.25, -0.2) is 4.79 Å². The van der Waals surface area contributed by atoms with Crippen LogP contribution in [0.2, 0.25) is 0 Å². The minimum absolute atomic E-state index is 0.151. The van der Waals surface area contributed by atoms with E-state index in [2.05, 4.69) is 0 Å². The summed E-state index contributed by atoms with van der Waals surface area (Å²) in [4.78, 5) is 26.3. The normalized spacial score (nSPS) is 19.2. The lowest BCUT2D eigenvalue weighted by molar-refractivity contribution is -0.143. The van der Waals surface area contributed by atoms with Crippen molar-refractivity contribution >= 4 is 12.0 Å². The number of carboxylic acid groups (broad SMARTS) is 1. The van der Waals surface area contributed by atoms with Crippen molar-refractivity contribution in [3.05, 3.63) is 24.2 Å². The fourth-order valence-electron chi connectivity index (χ4n) is 2.30. The van der Waals surface area contributed by atoms with Crippen molar-refractivity contribution in [1.82, 2.24) is 9.80 Å². The molecule has 1 aromatic rings. The molecule has 2 heterocycles. The van der Waals surface area contributed by atoms with Gasteiger partial charge in [-0.05, 0) is 25.0 Å². The Morgan fingerprint density at radius 2 is 2.37 bits per heavy atom. The number of hydrogen-bond donors (Lipinski definition) is 1. The van der Waals surface area contributed by atoms with Gasteiger partial charge in [0.1, 0.15) is 5.76 Å². The monoisotopic (exact) mass is 266 g/mol. The van der Waals surface area contributed by atoms with E-state index in [4.69, 9.17) is 9.52 Å². The number of piperidine rings is 1. The maximum absolute atomic E-state index is 12.2. The highest BCUT2D eigenvalue weighted by Crippen LogP contribution is 2.18. The van der Waals surface area contributed by atoms with Gasteiger partial charge in [0.15, 0.2) is 0 Å². The van der Waals surface area contributed by atoms with Gasteiger partial charge in [-0.15, -0.1) is 0 Å². The summed E-state index contributed by atoms with van der Waals surface area (Å²) in [6.45, 7) is 1.29. The average Bonchev–Trinajstić information content (AvgIpc) is 2.90. The quantitative estimate of drug-likeness (QED) is 0.902. The highest BCUT2D eigenvalue weighted by Gasteiger charge is 2.29. The van der Waals surface area contributed by atoms with E-state index >= 15 is 0 Å². The second-order valence-corrected chi connectivity index (χ2v) is 4.84. The molecule has 1 aliphatic rings. The number of hydrogen-bond acceptors (Lipinski definition) is 3. The predicted molar refractivity (Wildman–Crippen MR) is 67.5 cm³/mol. The molecule has 1 aliphatic heterocycles. The molecule has 6 heteroatoms. The molecular weight excluding hydrogens is 248 g/mol. The summed E-state index contributed by atoms with van der Waals surface area (Å²) in [6.07, 6.45) is 2.94. The number of carbonyl (C=O) groups is 2. The number of amides is 2. The maximum Gasteiger partial charge on any atom is 0.320 e. The minimum Gasteiger partial charge on any atom is -0.481 e. The Balaban J connectivity index is 1.93. The van der Waals surface area contributed by atoms with E-state index in [1.165, 1.54) is 0 Å². The van der Waals surface area contributed by atoms with E-state index in [-0.39, 0.29) is 12.6 Å². The van der Waals surface area contributed by atoms with E-state index in [9.17, 15) is 9.59 Å². The standard InChI is InChI=1S/C13H18N2O4/c1-14(9-11-5-3-7-19-11)13(18)15-6-2-4-10(8-15)12(16)17/h3,5,7,10H,2,4,6,8-9H2,1H3,(H,16,17)/t10-/m1/s1. The third-order valence-corrected chi connectivity index (χ3v) is 3.34. The maximum atomic E-state index is 12.2. The molecule has 0 aromatic carbocycles. The van der Waals surface area contributed by atoms with E-state index < -0.39 is 11.9 Å². The van der Waals surface area contributed by atoms with E-state index in [0.29, 0.717) is 25.3 Å². The first-order chi connectivity index (χ1) is 9.08. The van der Waals surface area contributed by atoms with Crippen LogP contribution >= 0.6 is 0 Å². The summed E-state index contributed by atoms with van der Waals surface area (Å²) in [6, 6.07) is 3.43. The average molecular weight is 266 g/mol. The van der Waals surface area contributed by atoms with Gasteiger partial charge in [0.05, 0.1) is 18.7 Å². The van der Waals surface area contributed by atoms with Crippen molar-refractivity contribution in [3.63, 3.8) is 0 Å². The van der Waals surface area contributed by atoms with E-state index in [1.807, 2.05) is 0 Å². The van der Waals surface area contributed by atoms with Crippen molar-refractivity contribution in [2.45, 2.75) is 19.4 Å². The minimum atomic E-state index is -0.828. The summed E-state index contributed by atoms with van der Waals surface area (Å²) >= 11 is 0. The molecule has 0 aliphatic carbocycles. The Hall–Kier alpha value is -1.98. The van der Waals surface area contributed by atoms with Gasteiger partial charge in [-0.2, -0.15) is 0 Å². The van der Waals surface area contributed by atoms with Crippen molar-refractivity contribution in [3.8, 4) is 0 Å². The zero-order valence-electron chi connectivity index (χ0n) is 10.9. The molecule has 0 unspecified atom stereocenters. The molecule has 1 atom stereocenters. The molecular formula is C13H18N2O4. The molecule has 0 saturated carbocycles. The second kappa shape index (κ2) is 5.77. The van der Waals surface area contributed by atoms with Crippen LogP contribution in [0.15, 0.2) is 22.8 Å². The van der Waals surface area contributed by atoms with Crippen molar-refractivity contribution < 1.29 is 19.1 Å². The van der Waals surface area contributed by atoms with Crippen LogP contribution < -0.4 is 0 Å². The lowest BCUT2D eigenvalue weighted by atomic mass is 9.99. The van der Waals surface area contributed by atoms with Gasteiger partial charge in [0, 0.05) is 20.1 Å². The molecule has 2 amide bonds. The second-order valence-electron chi connectivity index (χ2n) is 4.84. The Bertz CT molecular complexity index is 444. The highest BCUT2D eigenvalue weighted by atomic mass is 16.4. The summed E-state index contributed by atoms with van der Waals surface area (Å²) in [5.74, 6) is -0.566.